The van der Waals surface area contributed by atoms with Gasteiger partial charge in [-0.3, -0.25) is 9.69 Å². The van der Waals surface area contributed by atoms with Crippen LogP contribution in [0.25, 0.3) is 0 Å². The monoisotopic (exact) mass is 236 g/mol. The van der Waals surface area contributed by atoms with Crippen LogP contribution in [0.2, 0.25) is 0 Å². The molecule has 0 aliphatic carbocycles. The fraction of sp³-hybridized carbons (Fsp3) is 0.333. The van der Waals surface area contributed by atoms with Crippen LogP contribution < -0.4 is 10.2 Å². The zero-order valence-electron chi connectivity index (χ0n) is 9.93. The third kappa shape index (κ3) is 3.79. The minimum atomic E-state index is -1.06. The largest absolute Gasteiger partial charge is 0.480 e. The van der Waals surface area contributed by atoms with E-state index in [-0.39, 0.29) is 6.54 Å². The predicted octanol–water partition coefficient (Wildman–Crippen LogP) is 1.62. The first-order valence-corrected chi connectivity index (χ1v) is 5.38. The van der Waals surface area contributed by atoms with E-state index < -0.39 is 12.0 Å². The molecule has 0 aliphatic rings. The molecule has 0 aromatic heterocycles. The molecule has 0 heterocycles. The van der Waals surface area contributed by atoms with Crippen LogP contribution in [0.4, 0.5) is 10.5 Å². The number of nitrogens with zero attached hydrogens (tertiary/aromatic N) is 1. The van der Waals surface area contributed by atoms with E-state index in [0.717, 1.165) is 11.3 Å². The molecule has 0 saturated carbocycles. The molecule has 2 amide bonds. The van der Waals surface area contributed by atoms with E-state index in [4.69, 9.17) is 5.11 Å². The van der Waals surface area contributed by atoms with E-state index >= 15 is 0 Å². The lowest BCUT2D eigenvalue weighted by Crippen LogP contribution is -2.42. The van der Waals surface area contributed by atoms with Crippen molar-refractivity contribution < 1.29 is 14.7 Å². The van der Waals surface area contributed by atoms with Crippen molar-refractivity contribution in [3.63, 3.8) is 0 Å². The number of anilines is 1. The highest BCUT2D eigenvalue weighted by Gasteiger charge is 2.13. The Labute approximate surface area is 100 Å². The van der Waals surface area contributed by atoms with Crippen molar-refractivity contribution in [1.29, 1.82) is 0 Å². The van der Waals surface area contributed by atoms with Gasteiger partial charge >= 0.3 is 12.0 Å². The number of aryl methyl sites for hydroxylation is 1. The molecule has 0 bridgehead atoms. The normalized spacial score (nSPS) is 9.76. The van der Waals surface area contributed by atoms with Crippen LogP contribution in [0.3, 0.4) is 0 Å². The molecule has 0 unspecified atom stereocenters. The van der Waals surface area contributed by atoms with E-state index in [0.29, 0.717) is 6.54 Å². The van der Waals surface area contributed by atoms with Crippen LogP contribution in [0, 0.1) is 6.92 Å². The lowest BCUT2D eigenvalue weighted by molar-refractivity contribution is -0.135. The Balaban J connectivity index is 2.73. The van der Waals surface area contributed by atoms with Gasteiger partial charge in [-0.2, -0.15) is 0 Å². The Morgan fingerprint density at radius 2 is 1.88 bits per heavy atom. The van der Waals surface area contributed by atoms with E-state index in [1.165, 1.54) is 4.90 Å². The number of carboxylic acids is 1. The van der Waals surface area contributed by atoms with Crippen LogP contribution in [-0.4, -0.2) is 30.2 Å². The van der Waals surface area contributed by atoms with Crippen molar-refractivity contribution >= 4 is 17.7 Å². The molecule has 0 spiro atoms. The van der Waals surface area contributed by atoms with Gasteiger partial charge in [-0.25, -0.2) is 4.79 Å². The molecular weight excluding hydrogens is 220 g/mol. The van der Waals surface area contributed by atoms with Crippen molar-refractivity contribution in [3.05, 3.63) is 29.8 Å². The van der Waals surface area contributed by atoms with Crippen LogP contribution in [0.5, 0.6) is 0 Å². The average Bonchev–Trinajstić information content (AvgIpc) is 2.30. The minimum Gasteiger partial charge on any atom is -0.480 e. The van der Waals surface area contributed by atoms with Gasteiger partial charge in [0.25, 0.3) is 0 Å². The van der Waals surface area contributed by atoms with Crippen molar-refractivity contribution in [3.8, 4) is 0 Å². The zero-order valence-corrected chi connectivity index (χ0v) is 9.93. The summed E-state index contributed by atoms with van der Waals surface area (Å²) in [6.07, 6.45) is 0. The molecule has 0 atom stereocenters. The Morgan fingerprint density at radius 1 is 1.29 bits per heavy atom. The fourth-order valence-corrected chi connectivity index (χ4v) is 1.41. The van der Waals surface area contributed by atoms with Crippen molar-refractivity contribution in [2.24, 2.45) is 0 Å². The number of carbonyl (C=O) groups excluding carboxylic acids is 1. The maximum atomic E-state index is 11.7. The summed E-state index contributed by atoms with van der Waals surface area (Å²) in [5.74, 6) is -1.06. The first-order chi connectivity index (χ1) is 8.04. The SMILES string of the molecule is CCN(C(=O)NCC(=O)O)c1ccc(C)cc1. The molecule has 1 aromatic rings. The van der Waals surface area contributed by atoms with Crippen LogP contribution >= 0.6 is 0 Å². The second-order valence-electron chi connectivity index (χ2n) is 3.63. The summed E-state index contributed by atoms with van der Waals surface area (Å²) in [5, 5.41) is 10.8. The fourth-order valence-electron chi connectivity index (χ4n) is 1.41. The summed E-state index contributed by atoms with van der Waals surface area (Å²) < 4.78 is 0. The maximum Gasteiger partial charge on any atom is 0.323 e. The van der Waals surface area contributed by atoms with Crippen molar-refractivity contribution in [1.82, 2.24) is 5.32 Å². The first kappa shape index (κ1) is 13.0. The highest BCUT2D eigenvalue weighted by molar-refractivity contribution is 5.93. The molecule has 1 aromatic carbocycles. The van der Waals surface area contributed by atoms with E-state index in [2.05, 4.69) is 5.32 Å². The summed E-state index contributed by atoms with van der Waals surface area (Å²) in [7, 11) is 0. The number of amides is 2. The highest BCUT2D eigenvalue weighted by atomic mass is 16.4. The molecule has 0 saturated heterocycles. The van der Waals surface area contributed by atoms with Crippen molar-refractivity contribution in [2.45, 2.75) is 13.8 Å². The Kier molecular flexibility index (Phi) is 4.51. The molecule has 0 aliphatic heterocycles. The van der Waals surface area contributed by atoms with Gasteiger partial charge in [0.15, 0.2) is 0 Å². The van der Waals surface area contributed by atoms with Crippen LogP contribution in [-0.2, 0) is 4.79 Å². The van der Waals surface area contributed by atoms with E-state index in [9.17, 15) is 9.59 Å². The smallest absolute Gasteiger partial charge is 0.323 e. The average molecular weight is 236 g/mol. The second kappa shape index (κ2) is 5.89. The number of aliphatic carboxylic acids is 1. The standard InChI is InChI=1S/C12H16N2O3/c1-3-14(12(17)13-8-11(15)16)10-6-4-9(2)5-7-10/h4-7H,3,8H2,1-2H3,(H,13,17)(H,15,16). The number of rotatable bonds is 4. The lowest BCUT2D eigenvalue weighted by atomic mass is 10.2. The topological polar surface area (TPSA) is 69.6 Å². The summed E-state index contributed by atoms with van der Waals surface area (Å²) in [6.45, 7) is 3.90. The van der Waals surface area contributed by atoms with Gasteiger partial charge in [-0.05, 0) is 26.0 Å². The van der Waals surface area contributed by atoms with Gasteiger partial charge in [0.2, 0.25) is 0 Å². The van der Waals surface area contributed by atoms with Crippen LogP contribution in [0.15, 0.2) is 24.3 Å². The number of urea groups is 1. The molecule has 2 N–H and O–H groups in total. The number of hydrogen-bond acceptors (Lipinski definition) is 2. The molecule has 5 heteroatoms. The number of carboxylic acid groups (broad SMARTS) is 1. The number of hydrogen-bond donors (Lipinski definition) is 2. The van der Waals surface area contributed by atoms with Gasteiger partial charge in [-0.1, -0.05) is 17.7 Å². The maximum absolute atomic E-state index is 11.7. The summed E-state index contributed by atoms with van der Waals surface area (Å²) in [5.41, 5.74) is 1.86. The van der Waals surface area contributed by atoms with Gasteiger partial charge in [0.1, 0.15) is 6.54 Å². The molecule has 0 radical (unpaired) electrons. The number of benzene rings is 1. The number of nitrogens with one attached hydrogen (secondary N) is 1. The summed E-state index contributed by atoms with van der Waals surface area (Å²) >= 11 is 0. The molecule has 5 nitrogen and oxygen atoms in total. The minimum absolute atomic E-state index is 0.374. The van der Waals surface area contributed by atoms with E-state index in [1.54, 1.807) is 0 Å². The molecule has 0 fully saturated rings. The second-order valence-corrected chi connectivity index (χ2v) is 3.63. The third-order valence-electron chi connectivity index (χ3n) is 2.30. The Morgan fingerprint density at radius 3 is 2.35 bits per heavy atom. The molecule has 1 rings (SSSR count). The third-order valence-corrected chi connectivity index (χ3v) is 2.30. The Bertz CT molecular complexity index is 401. The molecular formula is C12H16N2O3. The summed E-state index contributed by atoms with van der Waals surface area (Å²) in [4.78, 5) is 23.6. The number of carbonyl (C=O) groups is 2. The van der Waals surface area contributed by atoms with Gasteiger partial charge < -0.3 is 10.4 Å². The summed E-state index contributed by atoms with van der Waals surface area (Å²) in [6, 6.07) is 7.07. The van der Waals surface area contributed by atoms with Gasteiger partial charge in [0.05, 0.1) is 0 Å². The highest BCUT2D eigenvalue weighted by Crippen LogP contribution is 2.14. The van der Waals surface area contributed by atoms with Crippen molar-refractivity contribution in [2.75, 3.05) is 18.0 Å². The molecule has 17 heavy (non-hydrogen) atoms. The predicted molar refractivity (Wildman–Crippen MR) is 65.2 cm³/mol. The Hall–Kier alpha value is -2.04. The lowest BCUT2D eigenvalue weighted by Gasteiger charge is -2.21. The van der Waals surface area contributed by atoms with Gasteiger partial charge in [-0.15, -0.1) is 0 Å². The first-order valence-electron chi connectivity index (χ1n) is 5.38. The van der Waals surface area contributed by atoms with E-state index in [1.807, 2.05) is 38.1 Å². The molecule has 92 valence electrons. The van der Waals surface area contributed by atoms with Crippen LogP contribution in [0.1, 0.15) is 12.5 Å². The quantitative estimate of drug-likeness (QED) is 0.834. The van der Waals surface area contributed by atoms with Gasteiger partial charge in [0, 0.05) is 12.2 Å². The zero-order chi connectivity index (χ0) is 12.8.